The van der Waals surface area contributed by atoms with Crippen LogP contribution in [0.5, 0.6) is 0 Å². The average molecular weight is 461 g/mol. The van der Waals surface area contributed by atoms with E-state index in [1.54, 1.807) is 4.90 Å². The van der Waals surface area contributed by atoms with Crippen molar-refractivity contribution >= 4 is 33.2 Å². The average Bonchev–Trinajstić information content (AvgIpc) is 2.62. The Kier molecular flexibility index (Phi) is 5.95. The van der Waals surface area contributed by atoms with Gasteiger partial charge in [-0.1, -0.05) is 6.07 Å². The fourth-order valence-corrected chi connectivity index (χ4v) is 3.92. The molecule has 1 aliphatic rings. The predicted octanol–water partition coefficient (Wildman–Crippen LogP) is 5.07. The molecule has 2 aromatic rings. The summed E-state index contributed by atoms with van der Waals surface area (Å²) in [5, 5.41) is 2.53. The molecule has 1 heterocycles. The number of benzene rings is 2. The number of nitrogens with zero attached hydrogens (tertiary/aromatic N) is 1. The molecule has 1 aliphatic heterocycles. The van der Waals surface area contributed by atoms with E-state index < -0.39 is 23.5 Å². The van der Waals surface area contributed by atoms with E-state index >= 15 is 0 Å². The summed E-state index contributed by atoms with van der Waals surface area (Å²) < 4.78 is 60.6. The number of halogens is 5. The molecule has 1 fully saturated rings. The Labute approximate surface area is 167 Å². The van der Waals surface area contributed by atoms with E-state index in [1.807, 2.05) is 0 Å². The van der Waals surface area contributed by atoms with Gasteiger partial charge in [-0.05, 0) is 45.8 Å². The van der Waals surface area contributed by atoms with Crippen molar-refractivity contribution in [1.29, 1.82) is 0 Å². The van der Waals surface area contributed by atoms with Crippen molar-refractivity contribution in [3.8, 4) is 11.1 Å². The van der Waals surface area contributed by atoms with Crippen molar-refractivity contribution in [2.24, 2.45) is 0 Å². The Morgan fingerprint density at radius 2 is 1.82 bits per heavy atom. The van der Waals surface area contributed by atoms with Crippen molar-refractivity contribution in [2.75, 3.05) is 36.5 Å². The SMILES string of the molecule is CC(=O)Nc1ccc(F)cc1-c1ccc(N2CCOCC2)c(C(F)(F)F)c1Br. The van der Waals surface area contributed by atoms with E-state index in [9.17, 15) is 22.4 Å². The van der Waals surface area contributed by atoms with Crippen LogP contribution in [0.2, 0.25) is 0 Å². The van der Waals surface area contributed by atoms with Gasteiger partial charge in [0.15, 0.2) is 0 Å². The highest BCUT2D eigenvalue weighted by molar-refractivity contribution is 9.10. The van der Waals surface area contributed by atoms with Gasteiger partial charge in [0.05, 0.1) is 24.5 Å². The maximum absolute atomic E-state index is 13.9. The molecule has 0 aromatic heterocycles. The number of morpholine rings is 1. The second-order valence-corrected chi connectivity index (χ2v) is 7.08. The number of nitrogens with one attached hydrogen (secondary N) is 1. The number of amides is 1. The Morgan fingerprint density at radius 1 is 1.14 bits per heavy atom. The highest BCUT2D eigenvalue weighted by atomic mass is 79.9. The number of anilines is 2. The van der Waals surface area contributed by atoms with Crippen LogP contribution in [0.4, 0.5) is 28.9 Å². The number of carbonyl (C=O) groups excluding carboxylic acids is 1. The number of rotatable bonds is 3. The van der Waals surface area contributed by atoms with Gasteiger partial charge in [0.25, 0.3) is 0 Å². The summed E-state index contributed by atoms with van der Waals surface area (Å²) in [6, 6.07) is 6.41. The van der Waals surface area contributed by atoms with Crippen LogP contribution in [0, 0.1) is 5.82 Å². The van der Waals surface area contributed by atoms with E-state index in [1.165, 1.54) is 25.1 Å². The summed E-state index contributed by atoms with van der Waals surface area (Å²) in [6.07, 6.45) is -4.63. The number of carbonyl (C=O) groups is 1. The lowest BCUT2D eigenvalue weighted by atomic mass is 9.98. The minimum atomic E-state index is -4.63. The van der Waals surface area contributed by atoms with Crippen LogP contribution in [0.15, 0.2) is 34.8 Å². The first kappa shape index (κ1) is 20.6. The van der Waals surface area contributed by atoms with Gasteiger partial charge in [0.1, 0.15) is 5.82 Å². The van der Waals surface area contributed by atoms with E-state index in [4.69, 9.17) is 4.74 Å². The van der Waals surface area contributed by atoms with E-state index in [-0.39, 0.29) is 27.0 Å². The maximum Gasteiger partial charge on any atom is 0.419 e. The molecule has 3 rings (SSSR count). The Balaban J connectivity index is 2.19. The van der Waals surface area contributed by atoms with Gasteiger partial charge in [-0.25, -0.2) is 4.39 Å². The third-order valence-electron chi connectivity index (χ3n) is 4.34. The molecule has 1 amide bonds. The smallest absolute Gasteiger partial charge is 0.378 e. The molecule has 0 saturated carbocycles. The fraction of sp³-hybridized carbons (Fsp3) is 0.316. The number of alkyl halides is 3. The third kappa shape index (κ3) is 4.30. The lowest BCUT2D eigenvalue weighted by Crippen LogP contribution is -2.37. The van der Waals surface area contributed by atoms with Crippen LogP contribution in [-0.4, -0.2) is 32.2 Å². The summed E-state index contributed by atoms with van der Waals surface area (Å²) in [5.74, 6) is -1.04. The summed E-state index contributed by atoms with van der Waals surface area (Å²) in [4.78, 5) is 13.1. The van der Waals surface area contributed by atoms with E-state index in [0.717, 1.165) is 12.1 Å². The Morgan fingerprint density at radius 3 is 2.43 bits per heavy atom. The summed E-state index contributed by atoms with van der Waals surface area (Å²) in [6.45, 7) is 2.63. The second-order valence-electron chi connectivity index (χ2n) is 6.29. The van der Waals surface area contributed by atoms with Crippen molar-refractivity contribution in [3.05, 3.63) is 46.2 Å². The van der Waals surface area contributed by atoms with Gasteiger partial charge in [-0.15, -0.1) is 0 Å². The molecule has 28 heavy (non-hydrogen) atoms. The van der Waals surface area contributed by atoms with Gasteiger partial charge < -0.3 is 15.0 Å². The lowest BCUT2D eigenvalue weighted by Gasteiger charge is -2.32. The predicted molar refractivity (Wildman–Crippen MR) is 102 cm³/mol. The van der Waals surface area contributed by atoms with Gasteiger partial charge in [-0.2, -0.15) is 13.2 Å². The van der Waals surface area contributed by atoms with Crippen LogP contribution in [0.1, 0.15) is 12.5 Å². The van der Waals surface area contributed by atoms with Crippen LogP contribution < -0.4 is 10.2 Å². The molecule has 0 unspecified atom stereocenters. The first-order chi connectivity index (χ1) is 13.2. The summed E-state index contributed by atoms with van der Waals surface area (Å²) >= 11 is 3.08. The topological polar surface area (TPSA) is 41.6 Å². The third-order valence-corrected chi connectivity index (χ3v) is 5.16. The number of hydrogen-bond acceptors (Lipinski definition) is 3. The lowest BCUT2D eigenvalue weighted by molar-refractivity contribution is -0.137. The molecule has 150 valence electrons. The van der Waals surface area contributed by atoms with E-state index in [0.29, 0.717) is 26.3 Å². The van der Waals surface area contributed by atoms with E-state index in [2.05, 4.69) is 21.2 Å². The molecule has 1 N–H and O–H groups in total. The monoisotopic (exact) mass is 460 g/mol. The van der Waals surface area contributed by atoms with Gasteiger partial charge in [0, 0.05) is 35.7 Å². The van der Waals surface area contributed by atoms with Crippen molar-refractivity contribution in [3.63, 3.8) is 0 Å². The number of ether oxygens (including phenoxy) is 1. The fourth-order valence-electron chi connectivity index (χ4n) is 3.15. The zero-order valence-electron chi connectivity index (χ0n) is 14.9. The van der Waals surface area contributed by atoms with Gasteiger partial charge in [-0.3, -0.25) is 4.79 Å². The molecule has 0 spiro atoms. The highest BCUT2D eigenvalue weighted by Crippen LogP contribution is 2.47. The summed E-state index contributed by atoms with van der Waals surface area (Å²) in [5.41, 5.74) is -0.302. The molecule has 4 nitrogen and oxygen atoms in total. The van der Waals surface area contributed by atoms with Crippen LogP contribution in [-0.2, 0) is 15.7 Å². The zero-order chi connectivity index (χ0) is 20.5. The highest BCUT2D eigenvalue weighted by Gasteiger charge is 2.39. The minimum Gasteiger partial charge on any atom is -0.378 e. The van der Waals surface area contributed by atoms with Gasteiger partial charge >= 0.3 is 6.18 Å². The molecule has 0 atom stereocenters. The first-order valence-electron chi connectivity index (χ1n) is 8.48. The zero-order valence-corrected chi connectivity index (χ0v) is 16.5. The first-order valence-corrected chi connectivity index (χ1v) is 9.27. The molecule has 2 aromatic carbocycles. The minimum absolute atomic E-state index is 0.0314. The van der Waals surface area contributed by atoms with Crippen molar-refractivity contribution in [1.82, 2.24) is 0 Å². The van der Waals surface area contributed by atoms with Gasteiger partial charge in [0.2, 0.25) is 5.91 Å². The molecule has 9 heteroatoms. The largest absolute Gasteiger partial charge is 0.419 e. The molecule has 0 radical (unpaired) electrons. The second kappa shape index (κ2) is 8.08. The van der Waals surface area contributed by atoms with Crippen molar-refractivity contribution in [2.45, 2.75) is 13.1 Å². The molecule has 1 saturated heterocycles. The van der Waals surface area contributed by atoms with Crippen LogP contribution in [0.3, 0.4) is 0 Å². The van der Waals surface area contributed by atoms with Crippen molar-refractivity contribution < 1.29 is 27.1 Å². The Hall–Kier alpha value is -2.13. The summed E-state index contributed by atoms with van der Waals surface area (Å²) in [7, 11) is 0. The standard InChI is InChI=1S/C19H17BrF4N2O2/c1-11(27)25-15-4-2-12(21)10-14(15)13-3-5-16(26-6-8-28-9-7-26)17(18(13)20)19(22,23)24/h2-5,10H,6-9H2,1H3,(H,25,27). The van der Waals surface area contributed by atoms with Crippen LogP contribution in [0.25, 0.3) is 11.1 Å². The number of hydrogen-bond donors (Lipinski definition) is 1. The van der Waals surface area contributed by atoms with Crippen LogP contribution >= 0.6 is 15.9 Å². The molecule has 0 bridgehead atoms. The Bertz CT molecular complexity index is 896. The quantitative estimate of drug-likeness (QED) is 0.650. The maximum atomic E-state index is 13.9. The molecule has 0 aliphatic carbocycles. The normalized spacial score (nSPS) is 14.9. The molecular formula is C19H17BrF4N2O2. The molecular weight excluding hydrogens is 444 g/mol.